The van der Waals surface area contributed by atoms with Gasteiger partial charge in [0.1, 0.15) is 0 Å². The maximum atomic E-state index is 10.6. The van der Waals surface area contributed by atoms with Crippen molar-refractivity contribution in [3.8, 4) is 0 Å². The summed E-state index contributed by atoms with van der Waals surface area (Å²) in [5.74, 6) is 0.354. The van der Waals surface area contributed by atoms with Crippen molar-refractivity contribution >= 4 is 39.6 Å². The van der Waals surface area contributed by atoms with Crippen LogP contribution in [0.3, 0.4) is 0 Å². The summed E-state index contributed by atoms with van der Waals surface area (Å²) in [7, 11) is 0. The number of nitrogens with two attached hydrogens (primary N) is 1. The Morgan fingerprint density at radius 1 is 1.53 bits per heavy atom. The summed E-state index contributed by atoms with van der Waals surface area (Å²) >= 11 is 1.07. The lowest BCUT2D eigenvalue weighted by atomic mass is 10.2. The summed E-state index contributed by atoms with van der Waals surface area (Å²) < 4.78 is 0. The van der Waals surface area contributed by atoms with Crippen molar-refractivity contribution in [1.82, 2.24) is 0 Å². The van der Waals surface area contributed by atoms with Crippen LogP contribution in [0.2, 0.25) is 0 Å². The van der Waals surface area contributed by atoms with E-state index in [9.17, 15) is 10.1 Å². The molecule has 0 fully saturated rings. The third-order valence-corrected chi connectivity index (χ3v) is 2.34. The number of nitrogens with one attached hydrogen (secondary N) is 1. The number of nitro benzene ring substituents is 1. The number of halogens is 1. The van der Waals surface area contributed by atoms with Gasteiger partial charge in [-0.1, -0.05) is 30.0 Å². The monoisotopic (exact) mass is 291 g/mol. The molecule has 1 rings (SSSR count). The van der Waals surface area contributed by atoms with Crippen LogP contribution in [-0.2, 0) is 5.75 Å². The van der Waals surface area contributed by atoms with Crippen molar-refractivity contribution in [2.45, 2.75) is 5.75 Å². The molecule has 0 saturated heterocycles. The maximum Gasteiger partial charge on any atom is 0.273 e. The van der Waals surface area contributed by atoms with Crippen molar-refractivity contribution in [3.05, 3.63) is 39.9 Å². The molecule has 1 aromatic carbocycles. The fraction of sp³-hybridized carbons (Fsp3) is 0.125. The van der Waals surface area contributed by atoms with Crippen molar-refractivity contribution in [2.24, 2.45) is 5.73 Å². The summed E-state index contributed by atoms with van der Waals surface area (Å²) in [6, 6.07) is 6.44. The predicted molar refractivity (Wildman–Crippen MR) is 66.6 cm³/mol. The third-order valence-electron chi connectivity index (χ3n) is 1.57. The van der Waals surface area contributed by atoms with E-state index < -0.39 is 4.92 Å². The summed E-state index contributed by atoms with van der Waals surface area (Å²) in [5.41, 5.74) is 5.79. The zero-order valence-corrected chi connectivity index (χ0v) is 10.2. The number of benzene rings is 1. The number of hydrogen-bond acceptors (Lipinski definition) is 4. The molecule has 15 heavy (non-hydrogen) atoms. The van der Waals surface area contributed by atoms with Crippen LogP contribution in [0.15, 0.2) is 24.3 Å². The summed E-state index contributed by atoms with van der Waals surface area (Å²) in [5, 5.41) is 17.5. The molecule has 7 heteroatoms. The highest BCUT2D eigenvalue weighted by Gasteiger charge is 2.11. The normalized spacial score (nSPS) is 9.07. The second-order valence-corrected chi connectivity index (χ2v) is 3.56. The first-order valence-corrected chi connectivity index (χ1v) is 4.79. The van der Waals surface area contributed by atoms with Crippen LogP contribution in [0.5, 0.6) is 0 Å². The van der Waals surface area contributed by atoms with Crippen LogP contribution in [-0.4, -0.2) is 10.1 Å². The molecular formula is C8H10BrN3O2S. The average molecular weight is 292 g/mol. The van der Waals surface area contributed by atoms with E-state index >= 15 is 0 Å². The van der Waals surface area contributed by atoms with Crippen molar-refractivity contribution in [3.63, 3.8) is 0 Å². The van der Waals surface area contributed by atoms with E-state index in [2.05, 4.69) is 0 Å². The molecule has 5 nitrogen and oxygen atoms in total. The molecule has 0 saturated carbocycles. The van der Waals surface area contributed by atoms with E-state index in [0.29, 0.717) is 11.3 Å². The lowest BCUT2D eigenvalue weighted by Gasteiger charge is -2.00. The van der Waals surface area contributed by atoms with E-state index in [1.807, 2.05) is 0 Å². The van der Waals surface area contributed by atoms with Crippen LogP contribution >= 0.6 is 28.7 Å². The Labute approximate surface area is 101 Å². The zero-order valence-electron chi connectivity index (χ0n) is 7.67. The van der Waals surface area contributed by atoms with E-state index in [-0.39, 0.29) is 27.8 Å². The Kier molecular flexibility index (Phi) is 5.95. The largest absolute Gasteiger partial charge is 0.379 e. The van der Waals surface area contributed by atoms with Gasteiger partial charge in [0.05, 0.1) is 4.92 Å². The quantitative estimate of drug-likeness (QED) is 0.387. The fourth-order valence-corrected chi connectivity index (χ4v) is 1.52. The first-order chi connectivity index (χ1) is 6.61. The molecule has 0 aliphatic carbocycles. The predicted octanol–water partition coefficient (Wildman–Crippen LogP) is 2.30. The van der Waals surface area contributed by atoms with Crippen LogP contribution in [0.25, 0.3) is 0 Å². The molecular weight excluding hydrogens is 282 g/mol. The first kappa shape index (κ1) is 13.9. The molecule has 82 valence electrons. The van der Waals surface area contributed by atoms with Crippen LogP contribution in [0.4, 0.5) is 5.69 Å². The molecule has 0 spiro atoms. The summed E-state index contributed by atoms with van der Waals surface area (Å²) in [4.78, 5) is 10.1. The van der Waals surface area contributed by atoms with Crippen LogP contribution in [0.1, 0.15) is 5.56 Å². The minimum atomic E-state index is -0.434. The number of para-hydroxylation sites is 1. The molecule has 0 aromatic heterocycles. The number of amidine groups is 1. The van der Waals surface area contributed by atoms with Gasteiger partial charge in [0.2, 0.25) is 0 Å². The number of nitro groups is 1. The second kappa shape index (κ2) is 6.41. The molecule has 1 aromatic rings. The fourth-order valence-electron chi connectivity index (χ4n) is 0.966. The van der Waals surface area contributed by atoms with Gasteiger partial charge >= 0.3 is 0 Å². The van der Waals surface area contributed by atoms with E-state index in [0.717, 1.165) is 11.8 Å². The Morgan fingerprint density at radius 2 is 2.13 bits per heavy atom. The van der Waals surface area contributed by atoms with Crippen molar-refractivity contribution < 1.29 is 4.92 Å². The van der Waals surface area contributed by atoms with Crippen molar-refractivity contribution in [2.75, 3.05) is 0 Å². The molecule has 0 amide bonds. The van der Waals surface area contributed by atoms with Gasteiger partial charge in [-0.2, -0.15) is 0 Å². The van der Waals surface area contributed by atoms with E-state index in [1.165, 1.54) is 6.07 Å². The van der Waals surface area contributed by atoms with Gasteiger partial charge in [0.15, 0.2) is 5.17 Å². The Balaban J connectivity index is 0.00000196. The van der Waals surface area contributed by atoms with Crippen molar-refractivity contribution in [1.29, 1.82) is 5.41 Å². The number of thioether (sulfide) groups is 1. The highest BCUT2D eigenvalue weighted by molar-refractivity contribution is 8.93. The third kappa shape index (κ3) is 4.30. The smallest absolute Gasteiger partial charge is 0.273 e. The second-order valence-electron chi connectivity index (χ2n) is 2.54. The number of rotatable bonds is 3. The number of nitrogens with zero attached hydrogens (tertiary/aromatic N) is 1. The van der Waals surface area contributed by atoms with Gasteiger partial charge in [-0.05, 0) is 0 Å². The maximum absolute atomic E-state index is 10.6. The molecule has 0 radical (unpaired) electrons. The van der Waals surface area contributed by atoms with E-state index in [1.54, 1.807) is 18.2 Å². The lowest BCUT2D eigenvalue weighted by Crippen LogP contribution is -2.04. The summed E-state index contributed by atoms with van der Waals surface area (Å²) in [6.45, 7) is 0. The van der Waals surface area contributed by atoms with Gasteiger partial charge < -0.3 is 5.73 Å². The standard InChI is InChI=1S/C8H9N3O2S.BrH/c9-8(10)14-5-6-3-1-2-4-7(6)11(12)13;/h1-4H,5H2,(H3,9,10);1H. The average Bonchev–Trinajstić information content (AvgIpc) is 2.15. The van der Waals surface area contributed by atoms with E-state index in [4.69, 9.17) is 11.1 Å². The topological polar surface area (TPSA) is 93.0 Å². The minimum Gasteiger partial charge on any atom is -0.379 e. The zero-order chi connectivity index (χ0) is 10.6. The van der Waals surface area contributed by atoms with Crippen LogP contribution in [0, 0.1) is 15.5 Å². The van der Waals surface area contributed by atoms with Gasteiger partial charge in [0, 0.05) is 17.4 Å². The molecule has 0 heterocycles. The molecule has 3 N–H and O–H groups in total. The molecule has 0 atom stereocenters. The highest BCUT2D eigenvalue weighted by Crippen LogP contribution is 2.22. The van der Waals surface area contributed by atoms with Crippen LogP contribution < -0.4 is 5.73 Å². The van der Waals surface area contributed by atoms with Gasteiger partial charge in [-0.25, -0.2) is 0 Å². The van der Waals surface area contributed by atoms with Gasteiger partial charge in [-0.15, -0.1) is 17.0 Å². The lowest BCUT2D eigenvalue weighted by molar-refractivity contribution is -0.385. The minimum absolute atomic E-state index is 0. The van der Waals surface area contributed by atoms with Gasteiger partial charge in [-0.3, -0.25) is 15.5 Å². The molecule has 0 unspecified atom stereocenters. The molecule has 0 aliphatic rings. The SMILES string of the molecule is Br.N=C(N)SCc1ccccc1[N+](=O)[O-]. The van der Waals surface area contributed by atoms with Gasteiger partial charge in [0.25, 0.3) is 5.69 Å². The first-order valence-electron chi connectivity index (χ1n) is 3.80. The molecule has 0 aliphatic heterocycles. The Hall–Kier alpha value is -1.08. The highest BCUT2D eigenvalue weighted by atomic mass is 79.9. The number of hydrogen-bond donors (Lipinski definition) is 2. The Morgan fingerprint density at radius 3 is 2.67 bits per heavy atom. The Bertz CT molecular complexity index is 373. The molecule has 0 bridgehead atoms. The summed E-state index contributed by atoms with van der Waals surface area (Å²) in [6.07, 6.45) is 0.